The summed E-state index contributed by atoms with van der Waals surface area (Å²) >= 11 is 0. The fourth-order valence-electron chi connectivity index (χ4n) is 3.79. The molecule has 158 valence electrons. The van der Waals surface area contributed by atoms with Crippen molar-refractivity contribution >= 4 is 18.0 Å². The highest BCUT2D eigenvalue weighted by molar-refractivity contribution is 5.95. The van der Waals surface area contributed by atoms with E-state index in [9.17, 15) is 14.7 Å². The first kappa shape index (κ1) is 21.6. The van der Waals surface area contributed by atoms with E-state index in [-0.39, 0.29) is 11.6 Å². The van der Waals surface area contributed by atoms with Crippen LogP contribution < -0.4 is 15.2 Å². The molecule has 0 unspecified atom stereocenters. The summed E-state index contributed by atoms with van der Waals surface area (Å²) in [5, 5.41) is 13.9. The molecule has 30 heavy (non-hydrogen) atoms. The van der Waals surface area contributed by atoms with Gasteiger partial charge in [-0.1, -0.05) is 67.6 Å². The van der Waals surface area contributed by atoms with E-state index in [1.165, 1.54) is 24.5 Å². The van der Waals surface area contributed by atoms with Gasteiger partial charge in [-0.15, -0.1) is 0 Å². The van der Waals surface area contributed by atoms with Gasteiger partial charge >= 0.3 is 0 Å². The van der Waals surface area contributed by atoms with Crippen LogP contribution in [0.25, 0.3) is 6.08 Å². The summed E-state index contributed by atoms with van der Waals surface area (Å²) in [4.78, 5) is 23.6. The lowest BCUT2D eigenvalue weighted by atomic mass is 10.0. The van der Waals surface area contributed by atoms with Crippen LogP contribution in [0.3, 0.4) is 0 Å². The van der Waals surface area contributed by atoms with Crippen molar-refractivity contribution in [3.05, 3.63) is 70.9 Å². The molecule has 1 fully saturated rings. The first-order valence-electron chi connectivity index (χ1n) is 10.5. The number of benzene rings is 2. The van der Waals surface area contributed by atoms with E-state index < -0.39 is 5.97 Å². The second kappa shape index (κ2) is 10.6. The Balaban J connectivity index is 1.55. The summed E-state index contributed by atoms with van der Waals surface area (Å²) in [6.07, 6.45) is 7.32. The van der Waals surface area contributed by atoms with Gasteiger partial charge in [0.05, 0.1) is 11.7 Å². The summed E-state index contributed by atoms with van der Waals surface area (Å²) < 4.78 is 5.78. The normalized spacial score (nSPS) is 14.5. The van der Waals surface area contributed by atoms with Gasteiger partial charge < -0.3 is 20.0 Å². The maximum absolute atomic E-state index is 12.1. The van der Waals surface area contributed by atoms with Crippen molar-refractivity contribution in [2.24, 2.45) is 5.92 Å². The van der Waals surface area contributed by atoms with E-state index in [2.05, 4.69) is 11.4 Å². The van der Waals surface area contributed by atoms with Crippen molar-refractivity contribution in [1.29, 1.82) is 0 Å². The van der Waals surface area contributed by atoms with Gasteiger partial charge in [0.15, 0.2) is 0 Å². The number of ether oxygens (including phenoxy) is 1. The number of carboxylic acids is 1. The zero-order valence-corrected chi connectivity index (χ0v) is 17.4. The van der Waals surface area contributed by atoms with Gasteiger partial charge in [0.1, 0.15) is 12.4 Å². The standard InChI is InChI=1S/C25H29NO4/c1-18-5-4-8-21(15-18)17-30-22-12-9-20(10-13-22)16-23(25(28)29)26-24(27)14-11-19-6-2-3-7-19/h4-5,8-10,12-13,15-16,19H,2-3,6-7,11,14,17H2,1H3,(H,26,27)(H,28,29)/p-1/b23-16+. The minimum Gasteiger partial charge on any atom is -0.543 e. The number of aryl methyl sites for hydroxylation is 1. The number of amides is 1. The van der Waals surface area contributed by atoms with Crippen molar-refractivity contribution < 1.29 is 19.4 Å². The van der Waals surface area contributed by atoms with Crippen LogP contribution in [0.15, 0.2) is 54.2 Å². The molecule has 0 aromatic heterocycles. The Kier molecular flexibility index (Phi) is 7.66. The summed E-state index contributed by atoms with van der Waals surface area (Å²) in [7, 11) is 0. The molecule has 1 aliphatic carbocycles. The molecule has 3 rings (SSSR count). The Morgan fingerprint density at radius 3 is 2.53 bits per heavy atom. The monoisotopic (exact) mass is 406 g/mol. The van der Waals surface area contributed by atoms with Gasteiger partial charge in [0.25, 0.3) is 0 Å². The number of carboxylic acid groups (broad SMARTS) is 1. The number of carbonyl (C=O) groups is 2. The fourth-order valence-corrected chi connectivity index (χ4v) is 3.79. The lowest BCUT2D eigenvalue weighted by Gasteiger charge is -2.13. The molecule has 0 bridgehead atoms. The molecule has 5 nitrogen and oxygen atoms in total. The van der Waals surface area contributed by atoms with Crippen LogP contribution in [-0.2, 0) is 16.2 Å². The summed E-state index contributed by atoms with van der Waals surface area (Å²) in [5.41, 5.74) is 2.68. The Hall–Kier alpha value is -3.08. The Morgan fingerprint density at radius 2 is 1.87 bits per heavy atom. The first-order valence-corrected chi connectivity index (χ1v) is 10.5. The molecule has 5 heteroatoms. The molecule has 0 radical (unpaired) electrons. The second-order valence-corrected chi connectivity index (χ2v) is 7.93. The van der Waals surface area contributed by atoms with E-state index in [1.807, 2.05) is 25.1 Å². The largest absolute Gasteiger partial charge is 0.543 e. The van der Waals surface area contributed by atoms with Crippen LogP contribution in [0.2, 0.25) is 0 Å². The molecule has 2 aromatic rings. The average Bonchev–Trinajstić information content (AvgIpc) is 3.25. The average molecular weight is 407 g/mol. The van der Waals surface area contributed by atoms with Crippen molar-refractivity contribution in [2.45, 2.75) is 52.1 Å². The number of nitrogens with one attached hydrogen (secondary N) is 1. The van der Waals surface area contributed by atoms with Crippen molar-refractivity contribution in [3.8, 4) is 5.75 Å². The van der Waals surface area contributed by atoms with E-state index in [0.29, 0.717) is 30.3 Å². The molecular formula is C25H28NO4-. The highest BCUT2D eigenvalue weighted by Gasteiger charge is 2.16. The smallest absolute Gasteiger partial charge is 0.224 e. The highest BCUT2D eigenvalue weighted by Crippen LogP contribution is 2.28. The van der Waals surface area contributed by atoms with E-state index in [0.717, 1.165) is 24.8 Å². The summed E-state index contributed by atoms with van der Waals surface area (Å²) in [5.74, 6) is -0.415. The number of rotatable bonds is 9. The van der Waals surface area contributed by atoms with Crippen LogP contribution in [0, 0.1) is 12.8 Å². The summed E-state index contributed by atoms with van der Waals surface area (Å²) in [6, 6.07) is 15.1. The number of aliphatic carboxylic acids is 1. The van der Waals surface area contributed by atoms with Gasteiger partial charge in [-0.3, -0.25) is 4.79 Å². The molecule has 1 amide bonds. The molecule has 1 saturated carbocycles. The van der Waals surface area contributed by atoms with Crippen LogP contribution in [0.5, 0.6) is 5.75 Å². The fraction of sp³-hybridized carbons (Fsp3) is 0.360. The van der Waals surface area contributed by atoms with Gasteiger partial charge in [0, 0.05) is 6.42 Å². The zero-order chi connectivity index (χ0) is 21.3. The second-order valence-electron chi connectivity index (χ2n) is 7.93. The van der Waals surface area contributed by atoms with E-state index in [1.54, 1.807) is 24.3 Å². The highest BCUT2D eigenvalue weighted by atomic mass is 16.5. The van der Waals surface area contributed by atoms with Crippen LogP contribution >= 0.6 is 0 Å². The Bertz CT molecular complexity index is 896. The Labute approximate surface area is 177 Å². The molecule has 0 saturated heterocycles. The molecule has 0 spiro atoms. The van der Waals surface area contributed by atoms with Crippen LogP contribution in [0.1, 0.15) is 55.2 Å². The van der Waals surface area contributed by atoms with Crippen molar-refractivity contribution in [1.82, 2.24) is 5.32 Å². The third kappa shape index (κ3) is 6.76. The molecular weight excluding hydrogens is 378 g/mol. The molecule has 0 atom stereocenters. The number of hydrogen-bond donors (Lipinski definition) is 1. The van der Waals surface area contributed by atoms with E-state index >= 15 is 0 Å². The third-order valence-electron chi connectivity index (χ3n) is 5.43. The SMILES string of the molecule is Cc1cccc(COc2ccc(/C=C(/NC(=O)CCC3CCCC3)C(=O)[O-])cc2)c1. The number of hydrogen-bond acceptors (Lipinski definition) is 4. The minimum absolute atomic E-state index is 0.222. The topological polar surface area (TPSA) is 78.5 Å². The van der Waals surface area contributed by atoms with E-state index in [4.69, 9.17) is 4.74 Å². The zero-order valence-electron chi connectivity index (χ0n) is 17.4. The molecule has 0 heterocycles. The summed E-state index contributed by atoms with van der Waals surface area (Å²) in [6.45, 7) is 2.49. The van der Waals surface area contributed by atoms with Crippen LogP contribution in [0.4, 0.5) is 0 Å². The van der Waals surface area contributed by atoms with Crippen molar-refractivity contribution in [2.75, 3.05) is 0 Å². The lowest BCUT2D eigenvalue weighted by molar-refractivity contribution is -0.299. The number of carbonyl (C=O) groups excluding carboxylic acids is 2. The molecule has 0 aliphatic heterocycles. The molecule has 1 aliphatic rings. The Morgan fingerprint density at radius 1 is 1.13 bits per heavy atom. The van der Waals surface area contributed by atoms with Gasteiger partial charge in [-0.2, -0.15) is 0 Å². The molecule has 2 aromatic carbocycles. The third-order valence-corrected chi connectivity index (χ3v) is 5.43. The quantitative estimate of drug-likeness (QED) is 0.643. The molecule has 1 N–H and O–H groups in total. The van der Waals surface area contributed by atoms with Gasteiger partial charge in [0.2, 0.25) is 5.91 Å². The van der Waals surface area contributed by atoms with Gasteiger partial charge in [-0.05, 0) is 48.6 Å². The van der Waals surface area contributed by atoms with Crippen LogP contribution in [-0.4, -0.2) is 11.9 Å². The van der Waals surface area contributed by atoms with Crippen molar-refractivity contribution in [3.63, 3.8) is 0 Å². The lowest BCUT2D eigenvalue weighted by Crippen LogP contribution is -2.35. The minimum atomic E-state index is -1.40. The maximum atomic E-state index is 12.1. The predicted molar refractivity (Wildman–Crippen MR) is 114 cm³/mol. The predicted octanol–water partition coefficient (Wildman–Crippen LogP) is 3.75. The van der Waals surface area contributed by atoms with Gasteiger partial charge in [-0.25, -0.2) is 0 Å². The maximum Gasteiger partial charge on any atom is 0.224 e. The first-order chi connectivity index (χ1) is 14.5.